The average molecular weight is 681 g/mol. The van der Waals surface area contributed by atoms with Crippen molar-refractivity contribution in [2.75, 3.05) is 36.4 Å². The number of aryl methyl sites for hydroxylation is 2. The smallest absolute Gasteiger partial charge is 0.328 e. The molecule has 8 rings (SSSR count). The summed E-state index contributed by atoms with van der Waals surface area (Å²) in [5.74, 6) is 2.48. The highest BCUT2D eigenvalue weighted by Gasteiger charge is 2.26. The fourth-order valence-electron chi connectivity index (χ4n) is 7.37. The van der Waals surface area contributed by atoms with Gasteiger partial charge in [0.2, 0.25) is 5.91 Å². The van der Waals surface area contributed by atoms with Gasteiger partial charge in [-0.15, -0.1) is 0 Å². The molecule has 258 valence electrons. The van der Waals surface area contributed by atoms with Gasteiger partial charge < -0.3 is 15.0 Å². The highest BCUT2D eigenvalue weighted by molar-refractivity contribution is 6.05. The fourth-order valence-corrected chi connectivity index (χ4v) is 7.37. The van der Waals surface area contributed by atoms with Crippen LogP contribution in [-0.4, -0.2) is 59.1 Å². The maximum atomic E-state index is 12.5. The molecule has 2 N–H and O–H groups in total. The predicted octanol–water partition coefficient (Wildman–Crippen LogP) is 7.32. The average Bonchev–Trinajstić information content (AvgIpc) is 3.41. The Balaban J connectivity index is 0.890. The predicted molar refractivity (Wildman–Crippen MR) is 197 cm³/mol. The van der Waals surface area contributed by atoms with Gasteiger partial charge in [-0.05, 0) is 116 Å². The van der Waals surface area contributed by atoms with E-state index in [9.17, 15) is 14.4 Å². The van der Waals surface area contributed by atoms with Crippen molar-refractivity contribution in [3.8, 4) is 22.8 Å². The van der Waals surface area contributed by atoms with Crippen LogP contribution in [0, 0.1) is 0 Å². The van der Waals surface area contributed by atoms with Crippen LogP contribution in [-0.2, 0) is 24.2 Å². The van der Waals surface area contributed by atoms with Gasteiger partial charge in [-0.25, -0.2) is 9.48 Å². The van der Waals surface area contributed by atoms with Crippen molar-refractivity contribution in [1.29, 1.82) is 0 Å². The number of aldehydes is 1. The monoisotopic (exact) mass is 680 g/mol. The number of hydrogen-bond donors (Lipinski definition) is 2. The summed E-state index contributed by atoms with van der Waals surface area (Å²) in [6.45, 7) is 4.15. The molecule has 51 heavy (non-hydrogen) atoms. The molecular formula is C41H40N6O4. The van der Waals surface area contributed by atoms with Crippen LogP contribution in [0.5, 0.6) is 11.5 Å². The number of urea groups is 1. The van der Waals surface area contributed by atoms with Crippen LogP contribution < -0.4 is 20.3 Å². The van der Waals surface area contributed by atoms with Crippen LogP contribution in [0.15, 0.2) is 97.1 Å². The summed E-state index contributed by atoms with van der Waals surface area (Å²) in [6, 6.07) is 31.9. The Labute approximate surface area is 297 Å². The third kappa shape index (κ3) is 7.00. The molecule has 4 aromatic carbocycles. The molecule has 10 nitrogen and oxygen atoms in total. The summed E-state index contributed by atoms with van der Waals surface area (Å²) in [6.07, 6.45) is 5.17. The van der Waals surface area contributed by atoms with Crippen molar-refractivity contribution in [3.63, 3.8) is 0 Å². The Morgan fingerprint density at radius 1 is 0.804 bits per heavy atom. The van der Waals surface area contributed by atoms with E-state index in [1.165, 1.54) is 16.7 Å². The van der Waals surface area contributed by atoms with Gasteiger partial charge in [-0.1, -0.05) is 42.5 Å². The lowest BCUT2D eigenvalue weighted by atomic mass is 9.88. The molecule has 0 aliphatic carbocycles. The van der Waals surface area contributed by atoms with E-state index in [1.54, 1.807) is 4.90 Å². The van der Waals surface area contributed by atoms with E-state index < -0.39 is 0 Å². The highest BCUT2D eigenvalue weighted by Crippen LogP contribution is 2.37. The third-order valence-electron chi connectivity index (χ3n) is 10.3. The van der Waals surface area contributed by atoms with Crippen molar-refractivity contribution in [2.24, 2.45) is 0 Å². The van der Waals surface area contributed by atoms with Gasteiger partial charge in [0.1, 0.15) is 23.0 Å². The molecule has 3 amide bonds. The van der Waals surface area contributed by atoms with Crippen LogP contribution >= 0.6 is 0 Å². The third-order valence-corrected chi connectivity index (χ3v) is 10.3. The Hall–Kier alpha value is -5.74. The van der Waals surface area contributed by atoms with Crippen molar-refractivity contribution >= 4 is 35.4 Å². The maximum Gasteiger partial charge on any atom is 0.328 e. The van der Waals surface area contributed by atoms with E-state index in [0.717, 1.165) is 85.9 Å². The Bertz CT molecular complexity index is 2050. The number of imide groups is 1. The number of rotatable bonds is 9. The molecule has 0 atom stereocenters. The van der Waals surface area contributed by atoms with Crippen LogP contribution in [0.2, 0.25) is 0 Å². The topological polar surface area (TPSA) is 109 Å². The van der Waals surface area contributed by atoms with Gasteiger partial charge in [0.15, 0.2) is 6.29 Å². The molecule has 2 fully saturated rings. The Kier molecular flexibility index (Phi) is 9.07. The molecule has 0 saturated carbocycles. The largest absolute Gasteiger partial charge is 0.457 e. The molecule has 2 saturated heterocycles. The summed E-state index contributed by atoms with van der Waals surface area (Å²) >= 11 is 0. The van der Waals surface area contributed by atoms with Gasteiger partial charge in [0.25, 0.3) is 0 Å². The van der Waals surface area contributed by atoms with E-state index in [4.69, 9.17) is 9.84 Å². The lowest BCUT2D eigenvalue weighted by Gasteiger charge is -2.32. The zero-order chi connectivity index (χ0) is 34.7. The first-order valence-electron chi connectivity index (χ1n) is 17.7. The van der Waals surface area contributed by atoms with Gasteiger partial charge in [-0.3, -0.25) is 19.8 Å². The van der Waals surface area contributed by atoms with Crippen molar-refractivity contribution in [1.82, 2.24) is 20.0 Å². The second-order valence-corrected chi connectivity index (χ2v) is 13.5. The number of piperidine rings is 1. The molecule has 0 unspecified atom stereocenters. The molecular weight excluding hydrogens is 640 g/mol. The van der Waals surface area contributed by atoms with Gasteiger partial charge in [-0.2, -0.15) is 5.10 Å². The molecule has 3 aliphatic rings. The number of fused-ring (bicyclic) bond motifs is 2. The SMILES string of the molecule is O=Cc1c(-c2ccc(Oc3ccccc3)cc2)nn2c1Nc1cc(C3CCN(CCc4ccc(N5CCC(=O)NC5=O)cc4)CC3)ccc1CC2. The molecule has 0 bridgehead atoms. The lowest BCUT2D eigenvalue weighted by Crippen LogP contribution is -2.49. The van der Waals surface area contributed by atoms with E-state index in [1.807, 2.05) is 71.4 Å². The number of aromatic nitrogens is 2. The molecule has 3 aliphatic heterocycles. The van der Waals surface area contributed by atoms with E-state index in [0.29, 0.717) is 36.7 Å². The van der Waals surface area contributed by atoms with Gasteiger partial charge in [0.05, 0.1) is 5.56 Å². The minimum absolute atomic E-state index is 0.222. The number of nitrogens with one attached hydrogen (secondary N) is 2. The van der Waals surface area contributed by atoms with E-state index in [-0.39, 0.29) is 11.9 Å². The number of nitrogens with zero attached hydrogens (tertiary/aromatic N) is 4. The number of carbonyl (C=O) groups is 3. The number of benzene rings is 4. The molecule has 5 aromatic rings. The molecule has 0 spiro atoms. The highest BCUT2D eigenvalue weighted by atomic mass is 16.5. The van der Waals surface area contributed by atoms with E-state index >= 15 is 0 Å². The summed E-state index contributed by atoms with van der Waals surface area (Å²) in [7, 11) is 0. The number of anilines is 3. The quantitative estimate of drug-likeness (QED) is 0.157. The van der Waals surface area contributed by atoms with Crippen LogP contribution in [0.1, 0.15) is 52.2 Å². The number of amides is 3. The number of para-hydroxylation sites is 1. The first-order chi connectivity index (χ1) is 25.0. The fraction of sp³-hybridized carbons (Fsp3) is 0.268. The summed E-state index contributed by atoms with van der Waals surface area (Å²) in [5, 5.41) is 10.9. The van der Waals surface area contributed by atoms with Gasteiger partial charge in [0, 0.05) is 43.0 Å². The second kappa shape index (κ2) is 14.2. The van der Waals surface area contributed by atoms with E-state index in [2.05, 4.69) is 45.9 Å². The molecule has 10 heteroatoms. The first-order valence-corrected chi connectivity index (χ1v) is 17.7. The lowest BCUT2D eigenvalue weighted by molar-refractivity contribution is -0.120. The second-order valence-electron chi connectivity index (χ2n) is 13.5. The maximum absolute atomic E-state index is 12.5. The summed E-state index contributed by atoms with van der Waals surface area (Å²) in [5.41, 5.74) is 7.73. The van der Waals surface area contributed by atoms with Gasteiger partial charge >= 0.3 is 6.03 Å². The van der Waals surface area contributed by atoms with Crippen LogP contribution in [0.3, 0.4) is 0 Å². The first kappa shape index (κ1) is 32.5. The zero-order valence-corrected chi connectivity index (χ0v) is 28.4. The number of likely N-dealkylation sites (tertiary alicyclic amines) is 1. The minimum atomic E-state index is -0.355. The Morgan fingerprint density at radius 3 is 2.31 bits per heavy atom. The van der Waals surface area contributed by atoms with Crippen LogP contribution in [0.4, 0.5) is 22.0 Å². The molecule has 1 aromatic heterocycles. The van der Waals surface area contributed by atoms with Crippen LogP contribution in [0.25, 0.3) is 11.3 Å². The van der Waals surface area contributed by atoms with Crippen molar-refractivity contribution in [3.05, 3.63) is 119 Å². The zero-order valence-electron chi connectivity index (χ0n) is 28.4. The summed E-state index contributed by atoms with van der Waals surface area (Å²) in [4.78, 5) is 40.3. The van der Waals surface area contributed by atoms with Crippen molar-refractivity contribution < 1.29 is 19.1 Å². The summed E-state index contributed by atoms with van der Waals surface area (Å²) < 4.78 is 7.88. The Morgan fingerprint density at radius 2 is 1.57 bits per heavy atom. The number of carbonyl (C=O) groups excluding carboxylic acids is 3. The number of ether oxygens (including phenoxy) is 1. The van der Waals surface area contributed by atoms with Crippen molar-refractivity contribution in [2.45, 2.75) is 44.6 Å². The number of hydrogen-bond acceptors (Lipinski definition) is 7. The molecule has 4 heterocycles. The minimum Gasteiger partial charge on any atom is -0.457 e. The normalized spacial score (nSPS) is 16.4. The standard InChI is InChI=1S/C41H40N6O4/c48-27-36-39(31-10-14-35(15-11-31)51-34-4-2-1-3-5-34)44-47-25-19-30-8-9-32(26-37(30)42-40(36)47)29-17-22-45(23-18-29)21-16-28-6-12-33(13-7-28)46-24-20-38(49)43-41(46)50/h1-15,26-27,29,42H,16-25H2,(H,43,49,50). The molecule has 0 radical (unpaired) electrons.